The molecule has 0 saturated carbocycles. The molecule has 1 aromatic carbocycles. The second kappa shape index (κ2) is 6.89. The average Bonchev–Trinajstić information content (AvgIpc) is 2.43. The maximum absolute atomic E-state index is 12.6. The summed E-state index contributed by atoms with van der Waals surface area (Å²) in [5, 5.41) is 0.408. The molecule has 5 nitrogen and oxygen atoms in total. The van der Waals surface area contributed by atoms with Gasteiger partial charge in [0.15, 0.2) is 0 Å². The maximum atomic E-state index is 12.6. The summed E-state index contributed by atoms with van der Waals surface area (Å²) in [6.45, 7) is -0.948. The van der Waals surface area contributed by atoms with E-state index in [0.717, 1.165) is 4.90 Å². The largest absolute Gasteiger partial charge is 0.401 e. The number of methoxy groups -OCH3 is 1. The molecule has 0 saturated heterocycles. The van der Waals surface area contributed by atoms with Crippen molar-refractivity contribution in [3.05, 3.63) is 40.4 Å². The van der Waals surface area contributed by atoms with Crippen LogP contribution in [-0.2, 0) is 11.3 Å². The van der Waals surface area contributed by atoms with Crippen molar-refractivity contribution in [2.24, 2.45) is 0 Å². The van der Waals surface area contributed by atoms with E-state index in [4.69, 9.17) is 4.74 Å². The molecule has 0 unspecified atom stereocenters. The van der Waals surface area contributed by atoms with Gasteiger partial charge in [-0.15, -0.1) is 0 Å². The van der Waals surface area contributed by atoms with Gasteiger partial charge >= 0.3 is 6.18 Å². The highest BCUT2D eigenvalue weighted by molar-refractivity contribution is 5.77. The van der Waals surface area contributed by atoms with Crippen molar-refractivity contribution in [3.63, 3.8) is 0 Å². The molecule has 2 aromatic rings. The quantitative estimate of drug-likeness (QED) is 0.885. The van der Waals surface area contributed by atoms with Gasteiger partial charge in [-0.3, -0.25) is 9.69 Å². The summed E-state index contributed by atoms with van der Waals surface area (Å²) in [5.74, 6) is 0.198. The highest BCUT2D eigenvalue weighted by Gasteiger charge is 2.30. The van der Waals surface area contributed by atoms with Crippen molar-refractivity contribution in [2.45, 2.75) is 12.7 Å². The van der Waals surface area contributed by atoms with E-state index in [9.17, 15) is 18.0 Å². The van der Waals surface area contributed by atoms with Gasteiger partial charge in [-0.25, -0.2) is 4.98 Å². The molecular formula is C14H16F3N3O2. The van der Waals surface area contributed by atoms with E-state index in [1.165, 1.54) is 7.11 Å². The Bertz CT molecular complexity index is 685. The van der Waals surface area contributed by atoms with Crippen LogP contribution < -0.4 is 5.56 Å². The SMILES string of the molecule is COCCN(Cc1nc2ccccc2c(=O)[nH]1)CC(F)(F)F. The smallest absolute Gasteiger partial charge is 0.383 e. The number of hydrogen-bond donors (Lipinski definition) is 1. The fourth-order valence-electron chi connectivity index (χ4n) is 2.11. The number of benzene rings is 1. The number of nitrogens with zero attached hydrogens (tertiary/aromatic N) is 2. The molecule has 8 heteroatoms. The van der Waals surface area contributed by atoms with Crippen molar-refractivity contribution in [3.8, 4) is 0 Å². The Morgan fingerprint density at radius 2 is 2.05 bits per heavy atom. The van der Waals surface area contributed by atoms with Gasteiger partial charge in [0.1, 0.15) is 5.82 Å². The molecule has 0 amide bonds. The highest BCUT2D eigenvalue weighted by atomic mass is 19.4. The molecule has 22 heavy (non-hydrogen) atoms. The third kappa shape index (κ3) is 4.54. The zero-order chi connectivity index (χ0) is 16.2. The normalized spacial score (nSPS) is 12.2. The molecule has 0 atom stereocenters. The van der Waals surface area contributed by atoms with E-state index in [1.54, 1.807) is 24.3 Å². The Labute approximate surface area is 124 Å². The number of nitrogens with one attached hydrogen (secondary N) is 1. The number of alkyl halides is 3. The molecule has 0 spiro atoms. The van der Waals surface area contributed by atoms with Crippen LogP contribution in [0.1, 0.15) is 5.82 Å². The van der Waals surface area contributed by atoms with Crippen molar-refractivity contribution in [1.82, 2.24) is 14.9 Å². The summed E-state index contributed by atoms with van der Waals surface area (Å²) in [5.41, 5.74) is 0.0965. The standard InChI is InChI=1S/C14H16F3N3O2/c1-22-7-6-20(9-14(15,16)17)8-12-18-11-5-3-2-4-10(11)13(21)19-12/h2-5H,6-9H2,1H3,(H,18,19,21). The third-order valence-corrected chi connectivity index (χ3v) is 3.05. The van der Waals surface area contributed by atoms with Crippen molar-refractivity contribution in [2.75, 3.05) is 26.8 Å². The number of hydrogen-bond acceptors (Lipinski definition) is 4. The second-order valence-electron chi connectivity index (χ2n) is 4.85. The molecule has 1 heterocycles. The number of aromatic nitrogens is 2. The Morgan fingerprint density at radius 3 is 2.73 bits per heavy atom. The molecular weight excluding hydrogens is 299 g/mol. The van der Waals surface area contributed by atoms with Crippen LogP contribution in [0.5, 0.6) is 0 Å². The molecule has 1 N–H and O–H groups in total. The van der Waals surface area contributed by atoms with E-state index < -0.39 is 12.7 Å². The van der Waals surface area contributed by atoms with Gasteiger partial charge < -0.3 is 9.72 Å². The Morgan fingerprint density at radius 1 is 1.32 bits per heavy atom. The summed E-state index contributed by atoms with van der Waals surface area (Å²) in [6, 6.07) is 6.69. The van der Waals surface area contributed by atoms with Crippen LogP contribution in [0.4, 0.5) is 13.2 Å². The number of ether oxygens (including phenoxy) is 1. The Balaban J connectivity index is 2.23. The summed E-state index contributed by atoms with van der Waals surface area (Å²) < 4.78 is 42.6. The number of halogens is 3. The summed E-state index contributed by atoms with van der Waals surface area (Å²) in [6.07, 6.45) is -4.33. The molecule has 2 rings (SSSR count). The predicted octanol–water partition coefficient (Wildman–Crippen LogP) is 1.93. The van der Waals surface area contributed by atoms with Crippen molar-refractivity contribution in [1.29, 1.82) is 0 Å². The van der Waals surface area contributed by atoms with Crippen molar-refractivity contribution >= 4 is 10.9 Å². The fourth-order valence-corrected chi connectivity index (χ4v) is 2.11. The second-order valence-corrected chi connectivity index (χ2v) is 4.85. The van der Waals surface area contributed by atoms with Crippen LogP contribution in [0.2, 0.25) is 0 Å². The average molecular weight is 315 g/mol. The summed E-state index contributed by atoms with van der Waals surface area (Å²) in [4.78, 5) is 19.8. The van der Waals surface area contributed by atoms with Crippen LogP contribution in [0.3, 0.4) is 0 Å². The fraction of sp³-hybridized carbons (Fsp3) is 0.429. The van der Waals surface area contributed by atoms with E-state index in [-0.39, 0.29) is 31.1 Å². The minimum atomic E-state index is -4.33. The number of H-pyrrole nitrogens is 1. The van der Waals surface area contributed by atoms with Gasteiger partial charge in [0, 0.05) is 13.7 Å². The monoisotopic (exact) mass is 315 g/mol. The van der Waals surface area contributed by atoms with Gasteiger partial charge in [0.05, 0.1) is 30.6 Å². The van der Waals surface area contributed by atoms with E-state index in [2.05, 4.69) is 9.97 Å². The molecule has 0 aliphatic carbocycles. The molecule has 0 radical (unpaired) electrons. The first kappa shape index (κ1) is 16.4. The minimum absolute atomic E-state index is 0.0898. The summed E-state index contributed by atoms with van der Waals surface area (Å²) in [7, 11) is 1.42. The lowest BCUT2D eigenvalue weighted by Crippen LogP contribution is -2.36. The van der Waals surface area contributed by atoms with E-state index in [0.29, 0.717) is 10.9 Å². The minimum Gasteiger partial charge on any atom is -0.383 e. The topological polar surface area (TPSA) is 58.2 Å². The first-order chi connectivity index (χ1) is 10.4. The molecule has 0 aliphatic rings. The summed E-state index contributed by atoms with van der Waals surface area (Å²) >= 11 is 0. The molecule has 0 aliphatic heterocycles. The third-order valence-electron chi connectivity index (χ3n) is 3.05. The van der Waals surface area contributed by atoms with Crippen LogP contribution >= 0.6 is 0 Å². The Hall–Kier alpha value is -1.93. The lowest BCUT2D eigenvalue weighted by Gasteiger charge is -2.22. The van der Waals surface area contributed by atoms with Crippen LogP contribution in [0.25, 0.3) is 10.9 Å². The molecule has 0 bridgehead atoms. The predicted molar refractivity (Wildman–Crippen MR) is 75.6 cm³/mol. The molecule has 1 aromatic heterocycles. The first-order valence-corrected chi connectivity index (χ1v) is 6.65. The number of aromatic amines is 1. The van der Waals surface area contributed by atoms with Crippen LogP contribution in [0.15, 0.2) is 29.1 Å². The lowest BCUT2D eigenvalue weighted by atomic mass is 10.2. The van der Waals surface area contributed by atoms with Gasteiger partial charge in [-0.2, -0.15) is 13.2 Å². The van der Waals surface area contributed by atoms with Gasteiger partial charge in [0.25, 0.3) is 5.56 Å². The van der Waals surface area contributed by atoms with Gasteiger partial charge in [0.2, 0.25) is 0 Å². The number of para-hydroxylation sites is 1. The number of fused-ring (bicyclic) bond motifs is 1. The number of rotatable bonds is 6. The zero-order valence-corrected chi connectivity index (χ0v) is 12.0. The van der Waals surface area contributed by atoms with Crippen molar-refractivity contribution < 1.29 is 17.9 Å². The van der Waals surface area contributed by atoms with Gasteiger partial charge in [-0.05, 0) is 12.1 Å². The molecule has 120 valence electrons. The maximum Gasteiger partial charge on any atom is 0.401 e. The van der Waals surface area contributed by atoms with Crippen LogP contribution in [-0.4, -0.2) is 47.9 Å². The molecule has 0 fully saturated rings. The van der Waals surface area contributed by atoms with E-state index in [1.807, 2.05) is 0 Å². The Kier molecular flexibility index (Phi) is 5.15. The van der Waals surface area contributed by atoms with Crippen LogP contribution in [0, 0.1) is 0 Å². The van der Waals surface area contributed by atoms with Gasteiger partial charge in [-0.1, -0.05) is 12.1 Å². The zero-order valence-electron chi connectivity index (χ0n) is 12.0. The lowest BCUT2D eigenvalue weighted by molar-refractivity contribution is -0.148. The highest BCUT2D eigenvalue weighted by Crippen LogP contribution is 2.17. The van der Waals surface area contributed by atoms with E-state index >= 15 is 0 Å². The first-order valence-electron chi connectivity index (χ1n) is 6.65.